The van der Waals surface area contributed by atoms with Crippen molar-refractivity contribution < 1.29 is 14.7 Å². The van der Waals surface area contributed by atoms with Gasteiger partial charge in [0.25, 0.3) is 0 Å². The van der Waals surface area contributed by atoms with Crippen LogP contribution >= 0.6 is 23.2 Å². The van der Waals surface area contributed by atoms with E-state index in [1.165, 1.54) is 23.3 Å². The molecule has 1 amide bonds. The van der Waals surface area contributed by atoms with Crippen molar-refractivity contribution in [2.75, 3.05) is 5.32 Å². The molecule has 2 N–H and O–H groups in total. The summed E-state index contributed by atoms with van der Waals surface area (Å²) in [5.74, 6) is -1.30. The Morgan fingerprint density at radius 2 is 2.00 bits per heavy atom. The number of hydrogen-bond acceptors (Lipinski definition) is 5. The van der Waals surface area contributed by atoms with Gasteiger partial charge in [0.05, 0.1) is 23.1 Å². The van der Waals surface area contributed by atoms with Crippen molar-refractivity contribution in [2.24, 2.45) is 0 Å². The number of anilines is 1. The normalized spacial score (nSPS) is 10.7. The first-order valence-electron chi connectivity index (χ1n) is 7.80. The number of hydrogen-bond donors (Lipinski definition) is 2. The van der Waals surface area contributed by atoms with Crippen LogP contribution in [0.1, 0.15) is 22.5 Å². The minimum atomic E-state index is -1.10. The van der Waals surface area contributed by atoms with E-state index in [1.807, 2.05) is 6.07 Å². The van der Waals surface area contributed by atoms with Crippen LogP contribution < -0.4 is 5.32 Å². The largest absolute Gasteiger partial charge is 0.477 e. The number of carboxylic acid groups (broad SMARTS) is 1. The van der Waals surface area contributed by atoms with Gasteiger partial charge in [-0.1, -0.05) is 29.3 Å². The third-order valence-corrected chi connectivity index (χ3v) is 4.34. The van der Waals surface area contributed by atoms with Crippen LogP contribution in [0.3, 0.4) is 0 Å². The van der Waals surface area contributed by atoms with Gasteiger partial charge in [-0.3, -0.25) is 14.8 Å². The molecule has 9 nitrogen and oxygen atoms in total. The number of carbonyl (C=O) groups excluding carboxylic acids is 1. The lowest BCUT2D eigenvalue weighted by atomic mass is 10.2. The standard InChI is InChI=1S/C16H14Cl2N6O3/c17-11-2-1-10(7-12(11)18)8-23-9-19-16(22-23)21-14(25)4-6-24-13(15(26)27)3-5-20-24/h1-3,5,7,9H,4,6,8H2,(H,26,27)(H,21,22,25). The Bertz CT molecular complexity index is 984. The molecule has 0 bridgehead atoms. The van der Waals surface area contributed by atoms with E-state index in [4.69, 9.17) is 28.3 Å². The molecule has 0 aliphatic heterocycles. The maximum absolute atomic E-state index is 12.0. The molecular formula is C16H14Cl2N6O3. The van der Waals surface area contributed by atoms with Gasteiger partial charge >= 0.3 is 5.97 Å². The van der Waals surface area contributed by atoms with Crippen LogP contribution in [0.2, 0.25) is 10.0 Å². The predicted octanol–water partition coefficient (Wildman–Crippen LogP) is 2.56. The highest BCUT2D eigenvalue weighted by molar-refractivity contribution is 6.42. The number of rotatable bonds is 7. The number of aromatic carboxylic acids is 1. The van der Waals surface area contributed by atoms with Crippen LogP contribution in [-0.2, 0) is 17.9 Å². The number of carboxylic acids is 1. The molecule has 27 heavy (non-hydrogen) atoms. The van der Waals surface area contributed by atoms with E-state index in [2.05, 4.69) is 20.5 Å². The van der Waals surface area contributed by atoms with Gasteiger partial charge in [0, 0.05) is 12.6 Å². The first kappa shape index (κ1) is 18.9. The van der Waals surface area contributed by atoms with Crippen molar-refractivity contribution >= 4 is 41.0 Å². The van der Waals surface area contributed by atoms with Crippen LogP contribution in [0.25, 0.3) is 0 Å². The maximum Gasteiger partial charge on any atom is 0.354 e. The van der Waals surface area contributed by atoms with Crippen molar-refractivity contribution in [3.63, 3.8) is 0 Å². The minimum Gasteiger partial charge on any atom is -0.477 e. The first-order valence-corrected chi connectivity index (χ1v) is 8.56. The number of aromatic nitrogens is 5. The van der Waals surface area contributed by atoms with Crippen LogP contribution in [0.15, 0.2) is 36.8 Å². The second kappa shape index (κ2) is 8.19. The summed E-state index contributed by atoms with van der Waals surface area (Å²) < 4.78 is 2.80. The van der Waals surface area contributed by atoms with E-state index in [0.29, 0.717) is 16.6 Å². The van der Waals surface area contributed by atoms with Gasteiger partial charge < -0.3 is 5.11 Å². The minimum absolute atomic E-state index is 0.0202. The average Bonchev–Trinajstić information content (AvgIpc) is 3.26. The molecule has 3 aromatic rings. The molecule has 2 aromatic heterocycles. The predicted molar refractivity (Wildman–Crippen MR) is 98.0 cm³/mol. The molecule has 3 rings (SSSR count). The summed E-state index contributed by atoms with van der Waals surface area (Å²) in [7, 11) is 0. The van der Waals surface area contributed by atoms with Gasteiger partial charge in [-0.15, -0.1) is 5.10 Å². The Balaban J connectivity index is 1.55. The van der Waals surface area contributed by atoms with Gasteiger partial charge in [-0.05, 0) is 23.8 Å². The quantitative estimate of drug-likeness (QED) is 0.620. The molecule has 0 radical (unpaired) electrons. The molecule has 0 fully saturated rings. The third-order valence-electron chi connectivity index (χ3n) is 3.60. The summed E-state index contributed by atoms with van der Waals surface area (Å²) in [6.07, 6.45) is 2.88. The van der Waals surface area contributed by atoms with E-state index < -0.39 is 5.97 Å². The van der Waals surface area contributed by atoms with Crippen molar-refractivity contribution in [1.82, 2.24) is 24.5 Å². The van der Waals surface area contributed by atoms with Crippen LogP contribution in [0, 0.1) is 0 Å². The molecule has 0 saturated carbocycles. The first-order chi connectivity index (χ1) is 12.9. The molecule has 0 spiro atoms. The topological polar surface area (TPSA) is 115 Å². The monoisotopic (exact) mass is 408 g/mol. The Hall–Kier alpha value is -2.91. The van der Waals surface area contributed by atoms with Gasteiger partial charge in [-0.25, -0.2) is 14.5 Å². The summed E-state index contributed by atoms with van der Waals surface area (Å²) in [6.45, 7) is 0.541. The Kier molecular flexibility index (Phi) is 5.72. The Morgan fingerprint density at radius 1 is 1.19 bits per heavy atom. The highest BCUT2D eigenvalue weighted by Gasteiger charge is 2.12. The third kappa shape index (κ3) is 4.83. The fourth-order valence-corrected chi connectivity index (χ4v) is 2.66. The average molecular weight is 409 g/mol. The lowest BCUT2D eigenvalue weighted by Crippen LogP contribution is -2.18. The maximum atomic E-state index is 12.0. The molecule has 0 aliphatic carbocycles. The number of carbonyl (C=O) groups is 2. The molecule has 11 heteroatoms. The van der Waals surface area contributed by atoms with E-state index in [1.54, 1.807) is 16.8 Å². The lowest BCUT2D eigenvalue weighted by molar-refractivity contribution is -0.116. The molecular weight excluding hydrogens is 395 g/mol. The smallest absolute Gasteiger partial charge is 0.354 e. The summed E-state index contributed by atoms with van der Waals surface area (Å²) in [5.41, 5.74) is 0.902. The molecule has 0 atom stereocenters. The van der Waals surface area contributed by atoms with Crippen molar-refractivity contribution in [3.05, 3.63) is 58.1 Å². The molecule has 140 valence electrons. The zero-order chi connectivity index (χ0) is 19.4. The number of amides is 1. The highest BCUT2D eigenvalue weighted by atomic mass is 35.5. The zero-order valence-corrected chi connectivity index (χ0v) is 15.4. The molecule has 0 aliphatic rings. The van der Waals surface area contributed by atoms with Gasteiger partial charge in [0.2, 0.25) is 11.9 Å². The van der Waals surface area contributed by atoms with Gasteiger partial charge in [0.1, 0.15) is 12.0 Å². The van der Waals surface area contributed by atoms with Crippen molar-refractivity contribution in [1.29, 1.82) is 0 Å². The summed E-state index contributed by atoms with van der Waals surface area (Å²) in [5, 5.41) is 20.5. The van der Waals surface area contributed by atoms with Crippen molar-refractivity contribution in [3.8, 4) is 0 Å². The Morgan fingerprint density at radius 3 is 2.74 bits per heavy atom. The molecule has 0 saturated heterocycles. The Labute approximate surface area is 163 Å². The van der Waals surface area contributed by atoms with Gasteiger partial charge in [0.15, 0.2) is 0 Å². The zero-order valence-electron chi connectivity index (χ0n) is 13.8. The number of benzene rings is 1. The number of aryl methyl sites for hydroxylation is 1. The van der Waals surface area contributed by atoms with E-state index in [9.17, 15) is 9.59 Å². The molecule has 2 heterocycles. The summed E-state index contributed by atoms with van der Waals surface area (Å²) in [6, 6.07) is 6.61. The van der Waals surface area contributed by atoms with Crippen molar-refractivity contribution in [2.45, 2.75) is 19.5 Å². The van der Waals surface area contributed by atoms with E-state index >= 15 is 0 Å². The lowest BCUT2D eigenvalue weighted by Gasteiger charge is -2.04. The number of nitrogens with zero attached hydrogens (tertiary/aromatic N) is 5. The number of halogens is 2. The summed E-state index contributed by atoms with van der Waals surface area (Å²) in [4.78, 5) is 27.1. The summed E-state index contributed by atoms with van der Waals surface area (Å²) >= 11 is 11.9. The van der Waals surface area contributed by atoms with E-state index in [0.717, 1.165) is 5.56 Å². The van der Waals surface area contributed by atoms with Gasteiger partial charge in [-0.2, -0.15) is 5.10 Å². The van der Waals surface area contributed by atoms with Crippen LogP contribution in [0.4, 0.5) is 5.95 Å². The fourth-order valence-electron chi connectivity index (χ4n) is 2.34. The van der Waals surface area contributed by atoms with Crippen LogP contribution in [0.5, 0.6) is 0 Å². The molecule has 0 unspecified atom stereocenters. The second-order valence-electron chi connectivity index (χ2n) is 5.56. The fraction of sp³-hybridized carbons (Fsp3) is 0.188. The SMILES string of the molecule is O=C(CCn1nccc1C(=O)O)Nc1ncn(Cc2ccc(Cl)c(Cl)c2)n1. The number of nitrogens with one attached hydrogen (secondary N) is 1. The second-order valence-corrected chi connectivity index (χ2v) is 6.37. The van der Waals surface area contributed by atoms with E-state index in [-0.39, 0.29) is 30.5 Å². The highest BCUT2D eigenvalue weighted by Crippen LogP contribution is 2.22. The van der Waals surface area contributed by atoms with Crippen LogP contribution in [-0.4, -0.2) is 41.5 Å². The molecule has 1 aromatic carbocycles.